The Kier molecular flexibility index (Phi) is 15.1. The molecule has 4 unspecified atom stereocenters. The van der Waals surface area contributed by atoms with Gasteiger partial charge in [-0.05, 0) is 111 Å². The third kappa shape index (κ3) is 12.4. The van der Waals surface area contributed by atoms with Gasteiger partial charge in [-0.2, -0.15) is 0 Å². The fourth-order valence-electron chi connectivity index (χ4n) is 7.58. The monoisotopic (exact) mass is 551 g/mol. The van der Waals surface area contributed by atoms with Crippen LogP contribution >= 0.6 is 0 Å². The summed E-state index contributed by atoms with van der Waals surface area (Å²) >= 11 is 0. The molecule has 0 amide bonds. The number of unbranched alkanes of at least 4 members (excludes halogenated alkanes) is 1. The van der Waals surface area contributed by atoms with E-state index in [9.17, 15) is 0 Å². The fourth-order valence-corrected chi connectivity index (χ4v) is 7.58. The Bertz CT molecular complexity index is 784. The van der Waals surface area contributed by atoms with Gasteiger partial charge in [-0.15, -0.1) is 0 Å². The van der Waals surface area contributed by atoms with E-state index in [1.165, 1.54) is 103 Å². The minimum atomic E-state index is 0.365. The molecule has 0 heteroatoms. The lowest BCUT2D eigenvalue weighted by molar-refractivity contribution is 0.375. The molecule has 4 atom stereocenters. The molecule has 0 N–H and O–H groups in total. The topological polar surface area (TPSA) is 0 Å². The lowest BCUT2D eigenvalue weighted by atomic mass is 9.72. The Balaban J connectivity index is 1.54. The summed E-state index contributed by atoms with van der Waals surface area (Å²) in [6.45, 7) is 24.2. The van der Waals surface area contributed by atoms with Gasteiger partial charge in [0.15, 0.2) is 0 Å². The minimum Gasteiger partial charge on any atom is -0.0814 e. The molecule has 0 saturated carbocycles. The zero-order valence-electron chi connectivity index (χ0n) is 28.9. The molecule has 0 spiro atoms. The molecule has 2 rings (SSSR count). The van der Waals surface area contributed by atoms with E-state index in [-0.39, 0.29) is 0 Å². The smallest absolute Gasteiger partial charge is 0.0104 e. The Morgan fingerprint density at radius 1 is 0.550 bits per heavy atom. The molecular weight excluding hydrogens is 480 g/mol. The van der Waals surface area contributed by atoms with Crippen LogP contribution < -0.4 is 0 Å². The van der Waals surface area contributed by atoms with Crippen LogP contribution in [0.5, 0.6) is 0 Å². The van der Waals surface area contributed by atoms with Gasteiger partial charge in [-0.3, -0.25) is 0 Å². The number of allylic oxidation sites excluding steroid dienone is 8. The SMILES string of the molecule is CC1=C(/C=C/C(C)CCCC(C)CCCCC(C)CCCC(C)/C=C/C2=C(C)CCCC2(C)C)C(C)(C)CCC1. The van der Waals surface area contributed by atoms with E-state index in [1.54, 1.807) is 22.3 Å². The van der Waals surface area contributed by atoms with Gasteiger partial charge in [0.25, 0.3) is 0 Å². The molecule has 0 aromatic heterocycles. The number of hydrogen-bond acceptors (Lipinski definition) is 0. The van der Waals surface area contributed by atoms with Crippen LogP contribution in [0, 0.1) is 34.5 Å². The average molecular weight is 551 g/mol. The van der Waals surface area contributed by atoms with Crippen LogP contribution in [-0.4, -0.2) is 0 Å². The standard InChI is InChI=1S/C40H70/c1-31(19-13-21-33(3)25-27-37-35(5)23-15-29-39(37,7)8)17-11-12-18-32(2)20-14-22-34(4)26-28-38-36(6)24-16-30-40(38,9)10/h25-28,31-34H,11-24,29-30H2,1-10H3/b27-25+,28-26+. The molecule has 0 aromatic rings. The average Bonchev–Trinajstić information content (AvgIpc) is 2.85. The summed E-state index contributed by atoms with van der Waals surface area (Å²) in [5.41, 5.74) is 7.21. The Morgan fingerprint density at radius 3 is 1.25 bits per heavy atom. The molecule has 2 aliphatic rings. The van der Waals surface area contributed by atoms with Crippen molar-refractivity contribution in [3.05, 3.63) is 46.6 Å². The molecule has 0 saturated heterocycles. The molecule has 0 bridgehead atoms. The largest absolute Gasteiger partial charge is 0.0814 e. The summed E-state index contributed by atoms with van der Waals surface area (Å²) in [5, 5.41) is 0. The molecular formula is C40H70. The normalized spacial score (nSPS) is 22.8. The zero-order chi connectivity index (χ0) is 29.8. The summed E-state index contributed by atoms with van der Waals surface area (Å²) in [6.07, 6.45) is 31.9. The van der Waals surface area contributed by atoms with Crippen LogP contribution in [0.1, 0.15) is 172 Å². The van der Waals surface area contributed by atoms with E-state index < -0.39 is 0 Å². The first-order chi connectivity index (χ1) is 18.8. The first kappa shape index (κ1) is 35.2. The highest BCUT2D eigenvalue weighted by atomic mass is 14.3. The second kappa shape index (κ2) is 17.2. The van der Waals surface area contributed by atoms with Crippen molar-refractivity contribution < 1.29 is 0 Å². The fraction of sp³-hybridized carbons (Fsp3) is 0.800. The van der Waals surface area contributed by atoms with Crippen molar-refractivity contribution in [1.29, 1.82) is 0 Å². The summed E-state index contributed by atoms with van der Waals surface area (Å²) in [4.78, 5) is 0. The molecule has 0 radical (unpaired) electrons. The van der Waals surface area contributed by atoms with E-state index in [0.29, 0.717) is 22.7 Å². The third-order valence-corrected chi connectivity index (χ3v) is 10.6. The maximum absolute atomic E-state index is 2.50. The second-order valence-electron chi connectivity index (χ2n) is 15.9. The number of rotatable bonds is 17. The van der Waals surface area contributed by atoms with Gasteiger partial charge in [0.1, 0.15) is 0 Å². The predicted octanol–water partition coefficient (Wildman–Crippen LogP) is 13.6. The van der Waals surface area contributed by atoms with Crippen molar-refractivity contribution in [3.8, 4) is 0 Å². The molecule has 0 heterocycles. The van der Waals surface area contributed by atoms with E-state index in [0.717, 1.165) is 11.8 Å². The van der Waals surface area contributed by atoms with Crippen LogP contribution in [0.15, 0.2) is 46.6 Å². The quantitative estimate of drug-likeness (QED) is 0.158. The summed E-state index contributed by atoms with van der Waals surface area (Å²) < 4.78 is 0. The van der Waals surface area contributed by atoms with Crippen LogP contribution in [-0.2, 0) is 0 Å². The third-order valence-electron chi connectivity index (χ3n) is 10.6. The highest BCUT2D eigenvalue weighted by Gasteiger charge is 2.27. The summed E-state index contributed by atoms with van der Waals surface area (Å²) in [5.74, 6) is 3.16. The zero-order valence-corrected chi connectivity index (χ0v) is 28.9. The van der Waals surface area contributed by atoms with E-state index in [1.807, 2.05) is 0 Å². The van der Waals surface area contributed by atoms with E-state index in [2.05, 4.69) is 93.5 Å². The van der Waals surface area contributed by atoms with Gasteiger partial charge in [0, 0.05) is 0 Å². The first-order valence-corrected chi connectivity index (χ1v) is 17.6. The van der Waals surface area contributed by atoms with Crippen LogP contribution in [0.2, 0.25) is 0 Å². The van der Waals surface area contributed by atoms with E-state index in [4.69, 9.17) is 0 Å². The van der Waals surface area contributed by atoms with Crippen molar-refractivity contribution in [2.24, 2.45) is 34.5 Å². The predicted molar refractivity (Wildman–Crippen MR) is 182 cm³/mol. The summed E-state index contributed by atoms with van der Waals surface area (Å²) in [7, 11) is 0. The minimum absolute atomic E-state index is 0.365. The Morgan fingerprint density at radius 2 is 0.900 bits per heavy atom. The Hall–Kier alpha value is -1.04. The van der Waals surface area contributed by atoms with Gasteiger partial charge in [-0.25, -0.2) is 0 Å². The Labute approximate surface area is 252 Å². The lowest BCUT2D eigenvalue weighted by Crippen LogP contribution is -2.19. The molecule has 40 heavy (non-hydrogen) atoms. The molecule has 0 aliphatic heterocycles. The van der Waals surface area contributed by atoms with Crippen molar-refractivity contribution in [3.63, 3.8) is 0 Å². The molecule has 0 aromatic carbocycles. The second-order valence-corrected chi connectivity index (χ2v) is 15.9. The van der Waals surface area contributed by atoms with E-state index >= 15 is 0 Å². The van der Waals surface area contributed by atoms with Gasteiger partial charge in [0.2, 0.25) is 0 Å². The molecule has 0 fully saturated rings. The highest BCUT2D eigenvalue weighted by Crippen LogP contribution is 2.42. The van der Waals surface area contributed by atoms with Crippen molar-refractivity contribution in [1.82, 2.24) is 0 Å². The van der Waals surface area contributed by atoms with Gasteiger partial charge in [0.05, 0.1) is 0 Å². The van der Waals surface area contributed by atoms with Crippen LogP contribution in [0.3, 0.4) is 0 Å². The van der Waals surface area contributed by atoms with Crippen molar-refractivity contribution in [2.45, 2.75) is 172 Å². The van der Waals surface area contributed by atoms with Crippen LogP contribution in [0.4, 0.5) is 0 Å². The number of hydrogen-bond donors (Lipinski definition) is 0. The highest BCUT2D eigenvalue weighted by molar-refractivity contribution is 5.33. The molecule has 0 nitrogen and oxygen atoms in total. The maximum Gasteiger partial charge on any atom is -0.0104 e. The van der Waals surface area contributed by atoms with Gasteiger partial charge < -0.3 is 0 Å². The van der Waals surface area contributed by atoms with Gasteiger partial charge in [-0.1, -0.05) is 142 Å². The van der Waals surface area contributed by atoms with Crippen LogP contribution in [0.25, 0.3) is 0 Å². The summed E-state index contributed by atoms with van der Waals surface area (Å²) in [6, 6.07) is 0. The van der Waals surface area contributed by atoms with Crippen molar-refractivity contribution >= 4 is 0 Å². The maximum atomic E-state index is 2.50. The molecule has 230 valence electrons. The first-order valence-electron chi connectivity index (χ1n) is 17.6. The lowest BCUT2D eigenvalue weighted by Gasteiger charge is -2.33. The van der Waals surface area contributed by atoms with Gasteiger partial charge >= 0.3 is 0 Å². The molecule has 2 aliphatic carbocycles. The van der Waals surface area contributed by atoms with Crippen molar-refractivity contribution in [2.75, 3.05) is 0 Å².